The Morgan fingerprint density at radius 2 is 1.53 bits per heavy atom. The number of carbonyl (C=O) groups is 2. The van der Waals surface area contributed by atoms with Gasteiger partial charge in [-0.25, -0.2) is 18.1 Å². The van der Waals surface area contributed by atoms with E-state index < -0.39 is 29.0 Å². The van der Waals surface area contributed by atoms with Gasteiger partial charge < -0.3 is 10.1 Å². The summed E-state index contributed by atoms with van der Waals surface area (Å²) in [6.07, 6.45) is -4.76. The molecule has 6 rings (SSSR count). The molecule has 13 heteroatoms. The van der Waals surface area contributed by atoms with Crippen LogP contribution in [0.5, 0.6) is 5.75 Å². The Morgan fingerprint density at radius 1 is 0.872 bits per heavy atom. The molecule has 0 aliphatic carbocycles. The Bertz CT molecular complexity index is 1890. The van der Waals surface area contributed by atoms with Gasteiger partial charge in [0.2, 0.25) is 0 Å². The van der Waals surface area contributed by atoms with E-state index in [2.05, 4.69) is 33.6 Å². The van der Waals surface area contributed by atoms with Crippen LogP contribution in [0.15, 0.2) is 107 Å². The standard InChI is InChI=1S/C34H28F3N3O5S2/c1-21(2)22-13-17-27(18-14-22)47(43-20-44-47)40-32(42)28-5-3-4-6-29(28)38-31(41)24-7-9-25(10-8-24)33-39-30(19-46-33)23-11-15-26(16-12-23)45-34(35,36)37/h3-19,21H,20H2,1-2H3,(H,38,41)(H,40,42). The molecule has 5 aromatic rings. The molecule has 2 amide bonds. The summed E-state index contributed by atoms with van der Waals surface area (Å²) in [5.41, 5.74) is 4.05. The lowest BCUT2D eigenvalue weighted by Crippen LogP contribution is -2.38. The maximum atomic E-state index is 13.5. The van der Waals surface area contributed by atoms with Crippen molar-refractivity contribution >= 4 is 39.6 Å². The number of nitrogens with zero attached hydrogens (tertiary/aromatic N) is 1. The van der Waals surface area contributed by atoms with Crippen LogP contribution in [-0.4, -0.2) is 30.0 Å². The van der Waals surface area contributed by atoms with Crippen molar-refractivity contribution in [2.45, 2.75) is 31.0 Å². The van der Waals surface area contributed by atoms with Crippen molar-refractivity contribution in [3.8, 4) is 27.6 Å². The zero-order valence-electron chi connectivity index (χ0n) is 25.0. The van der Waals surface area contributed by atoms with E-state index in [-0.39, 0.29) is 18.1 Å². The highest BCUT2D eigenvalue weighted by molar-refractivity contribution is 8.25. The summed E-state index contributed by atoms with van der Waals surface area (Å²) in [4.78, 5) is 32.0. The SMILES string of the molecule is CC(C)c1ccc(S2(NC(=O)c3ccccc3NC(=O)c3ccc(-c4nc(-c5ccc(OC(F)(F)F)cc5)cs4)cc3)OCO2)cc1. The third kappa shape index (κ3) is 7.33. The number of amides is 2. The molecule has 1 saturated heterocycles. The predicted molar refractivity (Wildman–Crippen MR) is 175 cm³/mol. The molecule has 1 aromatic heterocycles. The molecule has 4 aromatic carbocycles. The van der Waals surface area contributed by atoms with Crippen molar-refractivity contribution in [1.82, 2.24) is 9.71 Å². The molecule has 242 valence electrons. The summed E-state index contributed by atoms with van der Waals surface area (Å²) in [6.45, 7) is 4.26. The minimum Gasteiger partial charge on any atom is -0.406 e. The Balaban J connectivity index is 1.12. The predicted octanol–water partition coefficient (Wildman–Crippen LogP) is 9.09. The van der Waals surface area contributed by atoms with Gasteiger partial charge in [0.25, 0.3) is 11.8 Å². The lowest BCUT2D eigenvalue weighted by molar-refractivity contribution is -0.274. The first-order chi connectivity index (χ1) is 22.5. The number of rotatable bonds is 9. The first kappa shape index (κ1) is 32.3. The van der Waals surface area contributed by atoms with Crippen LogP contribution < -0.4 is 14.8 Å². The fourth-order valence-electron chi connectivity index (χ4n) is 4.72. The second kappa shape index (κ2) is 13.2. The van der Waals surface area contributed by atoms with Gasteiger partial charge in [0.15, 0.2) is 6.79 Å². The number of hydrogen-bond donors (Lipinski definition) is 2. The summed E-state index contributed by atoms with van der Waals surface area (Å²) < 4.78 is 55.8. The number of para-hydroxylation sites is 1. The molecule has 8 nitrogen and oxygen atoms in total. The summed E-state index contributed by atoms with van der Waals surface area (Å²) in [6, 6.07) is 26.7. The van der Waals surface area contributed by atoms with Crippen molar-refractivity contribution < 1.29 is 35.9 Å². The Kier molecular flexibility index (Phi) is 9.06. The van der Waals surface area contributed by atoms with Crippen LogP contribution in [0.2, 0.25) is 0 Å². The number of aromatic nitrogens is 1. The monoisotopic (exact) mass is 679 g/mol. The van der Waals surface area contributed by atoms with E-state index in [1.54, 1.807) is 53.9 Å². The molecule has 47 heavy (non-hydrogen) atoms. The number of anilines is 1. The van der Waals surface area contributed by atoms with Gasteiger partial charge >= 0.3 is 6.36 Å². The van der Waals surface area contributed by atoms with Gasteiger partial charge in [-0.15, -0.1) is 24.5 Å². The molecule has 0 spiro atoms. The van der Waals surface area contributed by atoms with Gasteiger partial charge in [0.1, 0.15) is 10.8 Å². The van der Waals surface area contributed by atoms with Crippen LogP contribution in [0.25, 0.3) is 21.8 Å². The van der Waals surface area contributed by atoms with Crippen molar-refractivity contribution in [1.29, 1.82) is 0 Å². The Morgan fingerprint density at radius 3 is 2.15 bits per heavy atom. The lowest BCUT2D eigenvalue weighted by atomic mass is 10.0. The second-order valence-electron chi connectivity index (χ2n) is 10.7. The smallest absolute Gasteiger partial charge is 0.406 e. The molecule has 2 N–H and O–H groups in total. The van der Waals surface area contributed by atoms with Crippen molar-refractivity contribution in [3.05, 3.63) is 119 Å². The first-order valence-corrected chi connectivity index (χ1v) is 16.7. The summed E-state index contributed by atoms with van der Waals surface area (Å²) >= 11 is 1.36. The summed E-state index contributed by atoms with van der Waals surface area (Å²) in [7, 11) is -2.48. The average molecular weight is 680 g/mol. The van der Waals surface area contributed by atoms with E-state index in [1.165, 1.54) is 35.6 Å². The maximum absolute atomic E-state index is 13.5. The molecule has 0 radical (unpaired) electrons. The number of benzene rings is 4. The minimum absolute atomic E-state index is 0.0616. The summed E-state index contributed by atoms with van der Waals surface area (Å²) in [5, 5.41) is 5.29. The van der Waals surface area contributed by atoms with Gasteiger partial charge in [0, 0.05) is 22.1 Å². The van der Waals surface area contributed by atoms with E-state index in [9.17, 15) is 22.8 Å². The van der Waals surface area contributed by atoms with Gasteiger partial charge in [-0.3, -0.25) is 9.59 Å². The zero-order chi connectivity index (χ0) is 33.2. The quantitative estimate of drug-likeness (QED) is 0.161. The van der Waals surface area contributed by atoms with Gasteiger partial charge in [0.05, 0.1) is 21.8 Å². The minimum atomic E-state index is -4.76. The lowest BCUT2D eigenvalue weighted by Gasteiger charge is -2.49. The van der Waals surface area contributed by atoms with Crippen LogP contribution in [0.1, 0.15) is 46.0 Å². The number of halogens is 3. The zero-order valence-corrected chi connectivity index (χ0v) is 26.7. The Labute approximate surface area is 274 Å². The van der Waals surface area contributed by atoms with Crippen molar-refractivity contribution in [2.24, 2.45) is 0 Å². The van der Waals surface area contributed by atoms with E-state index in [0.717, 1.165) is 16.0 Å². The van der Waals surface area contributed by atoms with E-state index in [1.807, 2.05) is 24.3 Å². The van der Waals surface area contributed by atoms with E-state index >= 15 is 0 Å². The largest absolute Gasteiger partial charge is 0.573 e. The van der Waals surface area contributed by atoms with Crippen LogP contribution in [0.4, 0.5) is 18.9 Å². The highest BCUT2D eigenvalue weighted by Gasteiger charge is 2.36. The molecular weight excluding hydrogens is 652 g/mol. The molecule has 0 unspecified atom stereocenters. The van der Waals surface area contributed by atoms with Gasteiger partial charge in [-0.05, 0) is 72.1 Å². The topological polar surface area (TPSA) is 98.8 Å². The number of hydrogen-bond acceptors (Lipinski definition) is 7. The number of thiazole rings is 1. The highest BCUT2D eigenvalue weighted by Crippen LogP contribution is 2.60. The molecule has 2 heterocycles. The molecule has 1 aliphatic heterocycles. The fourth-order valence-corrected chi connectivity index (χ4v) is 7.20. The molecule has 1 aliphatic rings. The fraction of sp³-hybridized carbons (Fsp3) is 0.147. The first-order valence-electron chi connectivity index (χ1n) is 14.4. The highest BCUT2D eigenvalue weighted by atomic mass is 32.3. The van der Waals surface area contributed by atoms with E-state index in [0.29, 0.717) is 33.4 Å². The number of ether oxygens (including phenoxy) is 1. The molecular formula is C34H28F3N3O5S2. The summed E-state index contributed by atoms with van der Waals surface area (Å²) in [5.74, 6) is -0.835. The third-order valence-corrected chi connectivity index (χ3v) is 10.3. The van der Waals surface area contributed by atoms with Gasteiger partial charge in [-0.2, -0.15) is 0 Å². The van der Waals surface area contributed by atoms with Crippen LogP contribution in [-0.2, 0) is 8.37 Å². The molecule has 0 saturated carbocycles. The second-order valence-corrected chi connectivity index (χ2v) is 13.7. The normalized spacial score (nSPS) is 14.6. The van der Waals surface area contributed by atoms with Crippen molar-refractivity contribution in [3.63, 3.8) is 0 Å². The Hall–Kier alpha value is -4.69. The van der Waals surface area contributed by atoms with Crippen LogP contribution >= 0.6 is 22.1 Å². The molecule has 0 bridgehead atoms. The average Bonchev–Trinajstić information content (AvgIpc) is 3.53. The number of alkyl halides is 3. The van der Waals surface area contributed by atoms with Crippen molar-refractivity contribution in [2.75, 3.05) is 12.1 Å². The molecule has 0 atom stereocenters. The van der Waals surface area contributed by atoms with E-state index in [4.69, 9.17) is 8.37 Å². The van der Waals surface area contributed by atoms with Crippen LogP contribution in [0, 0.1) is 0 Å². The van der Waals surface area contributed by atoms with Gasteiger partial charge in [-0.1, -0.05) is 61.0 Å². The number of carbonyl (C=O) groups excluding carboxylic acids is 2. The third-order valence-electron chi connectivity index (χ3n) is 7.21. The van der Waals surface area contributed by atoms with Crippen LogP contribution in [0.3, 0.4) is 0 Å². The maximum Gasteiger partial charge on any atom is 0.573 e. The molecule has 1 fully saturated rings. The number of nitrogens with one attached hydrogen (secondary N) is 2.